The molecular formula is C18H30IN3O4S. The molecule has 2 N–H and O–H groups in total. The summed E-state index contributed by atoms with van der Waals surface area (Å²) in [5, 5.41) is 2.89. The molecule has 1 aromatic carbocycles. The molecule has 0 atom stereocenters. The Labute approximate surface area is 176 Å². The number of unbranched alkanes of at least 4 members (excludes halogenated alkanes) is 1. The lowest BCUT2D eigenvalue weighted by molar-refractivity contribution is 0.0946. The SMILES string of the molecule is CCCCS(=O)(=O)Nc1cc(OC)c(C(=O)NCCN(CC)CC)cc1I. The number of nitrogens with zero attached hydrogens (tertiary/aromatic N) is 1. The zero-order valence-corrected chi connectivity index (χ0v) is 19.4. The molecule has 0 unspecified atom stereocenters. The van der Waals surface area contributed by atoms with Crippen LogP contribution in [0.5, 0.6) is 5.75 Å². The summed E-state index contributed by atoms with van der Waals surface area (Å²) in [6.45, 7) is 9.27. The van der Waals surface area contributed by atoms with E-state index in [4.69, 9.17) is 4.74 Å². The van der Waals surface area contributed by atoms with E-state index in [1.807, 2.05) is 29.5 Å². The molecule has 0 fully saturated rings. The van der Waals surface area contributed by atoms with E-state index in [9.17, 15) is 13.2 Å². The molecular weight excluding hydrogens is 481 g/mol. The van der Waals surface area contributed by atoms with Crippen molar-refractivity contribution in [1.29, 1.82) is 0 Å². The van der Waals surface area contributed by atoms with Gasteiger partial charge in [-0.15, -0.1) is 0 Å². The van der Waals surface area contributed by atoms with Gasteiger partial charge in [0.25, 0.3) is 5.91 Å². The first-order chi connectivity index (χ1) is 12.8. The van der Waals surface area contributed by atoms with Crippen LogP contribution in [0.15, 0.2) is 12.1 Å². The van der Waals surface area contributed by atoms with Crippen LogP contribution in [0.2, 0.25) is 0 Å². The minimum atomic E-state index is -3.42. The van der Waals surface area contributed by atoms with Gasteiger partial charge in [-0.2, -0.15) is 0 Å². The van der Waals surface area contributed by atoms with E-state index in [0.717, 1.165) is 26.1 Å². The Kier molecular flexibility index (Phi) is 10.4. The molecule has 0 radical (unpaired) electrons. The van der Waals surface area contributed by atoms with Gasteiger partial charge >= 0.3 is 0 Å². The Morgan fingerprint density at radius 1 is 1.22 bits per heavy atom. The summed E-state index contributed by atoms with van der Waals surface area (Å²) in [5.74, 6) is 0.163. The Morgan fingerprint density at radius 2 is 1.89 bits per heavy atom. The van der Waals surface area contributed by atoms with E-state index in [0.29, 0.717) is 33.5 Å². The van der Waals surface area contributed by atoms with Gasteiger partial charge in [0.2, 0.25) is 10.0 Å². The normalized spacial score (nSPS) is 11.5. The van der Waals surface area contributed by atoms with E-state index in [1.165, 1.54) is 7.11 Å². The number of carbonyl (C=O) groups excluding carboxylic acids is 1. The zero-order chi connectivity index (χ0) is 20.4. The van der Waals surface area contributed by atoms with Crippen molar-refractivity contribution in [2.24, 2.45) is 0 Å². The number of likely N-dealkylation sites (N-methyl/N-ethyl adjacent to an activating group) is 1. The van der Waals surface area contributed by atoms with Crippen LogP contribution < -0.4 is 14.8 Å². The van der Waals surface area contributed by atoms with Crippen LogP contribution >= 0.6 is 22.6 Å². The van der Waals surface area contributed by atoms with Gasteiger partial charge < -0.3 is 15.0 Å². The number of rotatable bonds is 12. The van der Waals surface area contributed by atoms with Crippen molar-refractivity contribution >= 4 is 44.2 Å². The van der Waals surface area contributed by atoms with Crippen molar-refractivity contribution < 1.29 is 17.9 Å². The third-order valence-corrected chi connectivity index (χ3v) is 6.42. The quantitative estimate of drug-likeness (QED) is 0.422. The summed E-state index contributed by atoms with van der Waals surface area (Å²) in [4.78, 5) is 14.7. The van der Waals surface area contributed by atoms with E-state index in [1.54, 1.807) is 12.1 Å². The maximum atomic E-state index is 12.5. The predicted octanol–water partition coefficient (Wildman–Crippen LogP) is 2.91. The number of nitrogens with one attached hydrogen (secondary N) is 2. The second-order valence-electron chi connectivity index (χ2n) is 6.09. The molecule has 154 valence electrons. The number of amides is 1. The van der Waals surface area contributed by atoms with Gasteiger partial charge in [-0.25, -0.2) is 8.42 Å². The maximum absolute atomic E-state index is 12.5. The van der Waals surface area contributed by atoms with E-state index in [2.05, 4.69) is 28.8 Å². The number of ether oxygens (including phenoxy) is 1. The third-order valence-electron chi connectivity index (χ3n) is 4.17. The lowest BCUT2D eigenvalue weighted by Crippen LogP contribution is -2.35. The van der Waals surface area contributed by atoms with E-state index < -0.39 is 10.0 Å². The molecule has 27 heavy (non-hydrogen) atoms. The van der Waals surface area contributed by atoms with Crippen molar-refractivity contribution in [3.8, 4) is 5.75 Å². The fraction of sp³-hybridized carbons (Fsp3) is 0.611. The van der Waals surface area contributed by atoms with E-state index >= 15 is 0 Å². The molecule has 0 bridgehead atoms. The topological polar surface area (TPSA) is 87.7 Å². The maximum Gasteiger partial charge on any atom is 0.255 e. The largest absolute Gasteiger partial charge is 0.496 e. The number of methoxy groups -OCH3 is 1. The van der Waals surface area contributed by atoms with Gasteiger partial charge in [-0.1, -0.05) is 27.2 Å². The van der Waals surface area contributed by atoms with Crippen molar-refractivity contribution in [3.63, 3.8) is 0 Å². The van der Waals surface area contributed by atoms with Crippen LogP contribution in [0, 0.1) is 3.57 Å². The summed E-state index contributed by atoms with van der Waals surface area (Å²) < 4.78 is 32.8. The zero-order valence-electron chi connectivity index (χ0n) is 16.5. The Bertz CT molecular complexity index is 722. The smallest absolute Gasteiger partial charge is 0.255 e. The second kappa shape index (κ2) is 11.7. The van der Waals surface area contributed by atoms with Gasteiger partial charge in [0, 0.05) is 22.7 Å². The monoisotopic (exact) mass is 511 g/mol. The number of halogens is 1. The van der Waals surface area contributed by atoms with Crippen LogP contribution in [-0.4, -0.2) is 58.3 Å². The lowest BCUT2D eigenvalue weighted by Gasteiger charge is -2.18. The molecule has 7 nitrogen and oxygen atoms in total. The van der Waals surface area contributed by atoms with Gasteiger partial charge in [-0.3, -0.25) is 9.52 Å². The molecule has 0 heterocycles. The molecule has 0 spiro atoms. The predicted molar refractivity (Wildman–Crippen MR) is 118 cm³/mol. The first-order valence-corrected chi connectivity index (χ1v) is 11.9. The summed E-state index contributed by atoms with van der Waals surface area (Å²) in [6, 6.07) is 3.20. The number of carbonyl (C=O) groups is 1. The third kappa shape index (κ3) is 7.82. The average Bonchev–Trinajstić information content (AvgIpc) is 2.64. The summed E-state index contributed by atoms with van der Waals surface area (Å²) in [6.07, 6.45) is 1.39. The highest BCUT2D eigenvalue weighted by atomic mass is 127. The molecule has 0 saturated heterocycles. The molecule has 0 aliphatic rings. The van der Waals surface area contributed by atoms with Crippen LogP contribution in [0.1, 0.15) is 44.0 Å². The number of hydrogen-bond acceptors (Lipinski definition) is 5. The van der Waals surface area contributed by atoms with Crippen LogP contribution in [0.4, 0.5) is 5.69 Å². The molecule has 1 aromatic rings. The first kappa shape index (κ1) is 24.0. The molecule has 9 heteroatoms. The van der Waals surface area contributed by atoms with Gasteiger partial charge in [0.05, 0.1) is 24.1 Å². The Hall–Kier alpha value is -1.07. The van der Waals surface area contributed by atoms with Crippen molar-refractivity contribution in [2.75, 3.05) is 43.8 Å². The Morgan fingerprint density at radius 3 is 2.44 bits per heavy atom. The molecule has 0 aliphatic heterocycles. The van der Waals surface area contributed by atoms with Crippen LogP contribution in [-0.2, 0) is 10.0 Å². The van der Waals surface area contributed by atoms with Crippen LogP contribution in [0.3, 0.4) is 0 Å². The second-order valence-corrected chi connectivity index (χ2v) is 9.09. The van der Waals surface area contributed by atoms with Gasteiger partial charge in [0.15, 0.2) is 0 Å². The molecule has 0 saturated carbocycles. The first-order valence-electron chi connectivity index (χ1n) is 9.16. The molecule has 1 amide bonds. The molecule has 0 aromatic heterocycles. The average molecular weight is 511 g/mol. The number of benzene rings is 1. The number of anilines is 1. The summed E-state index contributed by atoms with van der Waals surface area (Å²) >= 11 is 2.02. The van der Waals surface area contributed by atoms with Gasteiger partial charge in [-0.05, 0) is 48.2 Å². The highest BCUT2D eigenvalue weighted by molar-refractivity contribution is 14.1. The summed E-state index contributed by atoms with van der Waals surface area (Å²) in [7, 11) is -1.96. The molecule has 1 rings (SSSR count). The van der Waals surface area contributed by atoms with Crippen molar-refractivity contribution in [3.05, 3.63) is 21.3 Å². The lowest BCUT2D eigenvalue weighted by atomic mass is 10.1. The van der Waals surface area contributed by atoms with Crippen molar-refractivity contribution in [2.45, 2.75) is 33.6 Å². The van der Waals surface area contributed by atoms with Crippen LogP contribution in [0.25, 0.3) is 0 Å². The minimum Gasteiger partial charge on any atom is -0.496 e. The summed E-state index contributed by atoms with van der Waals surface area (Å²) in [5.41, 5.74) is 0.807. The van der Waals surface area contributed by atoms with Gasteiger partial charge in [0.1, 0.15) is 5.75 Å². The highest BCUT2D eigenvalue weighted by Crippen LogP contribution is 2.29. The minimum absolute atomic E-state index is 0.0650. The van der Waals surface area contributed by atoms with E-state index in [-0.39, 0.29) is 11.7 Å². The fourth-order valence-corrected chi connectivity index (χ4v) is 4.55. The number of hydrogen-bond donors (Lipinski definition) is 2. The number of sulfonamides is 1. The Balaban J connectivity index is 2.91. The fourth-order valence-electron chi connectivity index (χ4n) is 2.49. The highest BCUT2D eigenvalue weighted by Gasteiger charge is 2.18. The van der Waals surface area contributed by atoms with Crippen molar-refractivity contribution in [1.82, 2.24) is 10.2 Å². The molecule has 0 aliphatic carbocycles. The standard InChI is InChI=1S/C18H30IN3O4S/c1-5-8-11-27(24,25)21-16-13-17(26-4)14(12-15(16)19)18(23)20-9-10-22(6-2)7-3/h12-13,21H,5-11H2,1-4H3,(H,20,23).